The van der Waals surface area contributed by atoms with Crippen molar-refractivity contribution < 1.29 is 0 Å². The first-order chi connectivity index (χ1) is 11.1. The lowest BCUT2D eigenvalue weighted by atomic mass is 9.97. The van der Waals surface area contributed by atoms with Gasteiger partial charge in [0.25, 0.3) is 5.56 Å². The molecule has 0 saturated carbocycles. The summed E-state index contributed by atoms with van der Waals surface area (Å²) in [6, 6.07) is 4.97. The predicted molar refractivity (Wildman–Crippen MR) is 89.6 cm³/mol. The van der Waals surface area contributed by atoms with Crippen LogP contribution in [0.2, 0.25) is 0 Å². The van der Waals surface area contributed by atoms with E-state index in [0.29, 0.717) is 11.7 Å². The van der Waals surface area contributed by atoms with E-state index in [9.17, 15) is 4.79 Å². The minimum Gasteiger partial charge on any atom is -0.295 e. The molecule has 2 aromatic rings. The summed E-state index contributed by atoms with van der Waals surface area (Å²) in [5, 5.41) is 3.01. The van der Waals surface area contributed by atoms with Crippen molar-refractivity contribution in [1.82, 2.24) is 24.4 Å². The quantitative estimate of drug-likeness (QED) is 0.930. The van der Waals surface area contributed by atoms with E-state index >= 15 is 0 Å². The van der Waals surface area contributed by atoms with Crippen molar-refractivity contribution in [3.8, 4) is 0 Å². The van der Waals surface area contributed by atoms with Crippen LogP contribution in [0.4, 0.5) is 0 Å². The molecule has 4 rings (SSSR count). The fourth-order valence-corrected chi connectivity index (χ4v) is 4.02. The van der Waals surface area contributed by atoms with Gasteiger partial charge in [-0.05, 0) is 33.2 Å². The molecule has 23 heavy (non-hydrogen) atoms. The summed E-state index contributed by atoms with van der Waals surface area (Å²) in [5.74, 6) is 0. The number of fused-ring (bicyclic) bond motifs is 1. The monoisotopic (exact) mass is 315 g/mol. The Morgan fingerprint density at radius 1 is 1.30 bits per heavy atom. The Labute approximate surface area is 136 Å². The van der Waals surface area contributed by atoms with Crippen molar-refractivity contribution in [3.05, 3.63) is 33.9 Å². The zero-order valence-electron chi connectivity index (χ0n) is 14.0. The second kappa shape index (κ2) is 5.76. The van der Waals surface area contributed by atoms with Gasteiger partial charge in [0.2, 0.25) is 0 Å². The third kappa shape index (κ3) is 2.81. The lowest BCUT2D eigenvalue weighted by molar-refractivity contribution is -0.00673. The van der Waals surface area contributed by atoms with Crippen molar-refractivity contribution in [1.29, 1.82) is 0 Å². The van der Waals surface area contributed by atoms with Crippen LogP contribution in [0.15, 0.2) is 16.9 Å². The van der Waals surface area contributed by atoms with Crippen LogP contribution in [-0.2, 0) is 6.54 Å². The van der Waals surface area contributed by atoms with E-state index < -0.39 is 0 Å². The maximum absolute atomic E-state index is 12.1. The zero-order valence-corrected chi connectivity index (χ0v) is 14.0. The van der Waals surface area contributed by atoms with E-state index in [0.717, 1.165) is 37.1 Å². The van der Waals surface area contributed by atoms with Gasteiger partial charge in [0.15, 0.2) is 5.65 Å². The standard InChI is InChI=1S/C17H25N5O/c1-12-7-16-18-14(8-17(23)22(16)19-12)9-20-10-15(11-20)21-6-4-3-5-13(21)2/h7-8,13,15,19H,3-6,9-11H2,1-2H3. The molecule has 2 aromatic heterocycles. The van der Waals surface area contributed by atoms with Gasteiger partial charge in [0, 0.05) is 49.5 Å². The van der Waals surface area contributed by atoms with Crippen LogP contribution in [0, 0.1) is 6.92 Å². The molecule has 0 bridgehead atoms. The molecule has 2 aliphatic heterocycles. The lowest BCUT2D eigenvalue weighted by Crippen LogP contribution is -2.61. The maximum atomic E-state index is 12.1. The normalized spacial score (nSPS) is 24.2. The first kappa shape index (κ1) is 14.9. The zero-order chi connectivity index (χ0) is 16.0. The Bertz CT molecular complexity index is 758. The molecule has 2 saturated heterocycles. The lowest BCUT2D eigenvalue weighted by Gasteiger charge is -2.49. The Morgan fingerprint density at radius 2 is 2.13 bits per heavy atom. The number of rotatable bonds is 3. The second-order valence-electron chi connectivity index (χ2n) is 7.15. The minimum absolute atomic E-state index is 0.0279. The molecule has 2 aliphatic rings. The number of nitrogens with one attached hydrogen (secondary N) is 1. The molecule has 1 N–H and O–H groups in total. The number of nitrogens with zero attached hydrogens (tertiary/aromatic N) is 4. The average Bonchev–Trinajstić information content (AvgIpc) is 2.85. The Morgan fingerprint density at radius 3 is 2.91 bits per heavy atom. The van der Waals surface area contributed by atoms with Gasteiger partial charge in [-0.1, -0.05) is 6.42 Å². The van der Waals surface area contributed by atoms with Crippen molar-refractivity contribution in [2.24, 2.45) is 0 Å². The smallest absolute Gasteiger partial charge is 0.272 e. The first-order valence-electron chi connectivity index (χ1n) is 8.66. The van der Waals surface area contributed by atoms with E-state index in [1.807, 2.05) is 13.0 Å². The fourth-order valence-electron chi connectivity index (χ4n) is 4.02. The van der Waals surface area contributed by atoms with E-state index in [2.05, 4.69) is 26.8 Å². The molecule has 6 nitrogen and oxygen atoms in total. The van der Waals surface area contributed by atoms with Gasteiger partial charge in [-0.3, -0.25) is 19.7 Å². The molecule has 0 radical (unpaired) electrons. The highest BCUT2D eigenvalue weighted by atomic mass is 16.1. The third-order valence-corrected chi connectivity index (χ3v) is 5.28. The van der Waals surface area contributed by atoms with Crippen molar-refractivity contribution in [2.75, 3.05) is 19.6 Å². The number of aromatic amines is 1. The van der Waals surface area contributed by atoms with Gasteiger partial charge in [0.1, 0.15) is 0 Å². The molecule has 0 aliphatic carbocycles. The topological polar surface area (TPSA) is 56.6 Å². The van der Waals surface area contributed by atoms with Gasteiger partial charge in [-0.15, -0.1) is 0 Å². The molecule has 124 valence electrons. The second-order valence-corrected chi connectivity index (χ2v) is 7.15. The molecule has 0 aromatic carbocycles. The van der Waals surface area contributed by atoms with Gasteiger partial charge in [-0.2, -0.15) is 0 Å². The summed E-state index contributed by atoms with van der Waals surface area (Å²) >= 11 is 0. The van der Waals surface area contributed by atoms with Crippen LogP contribution in [0.25, 0.3) is 5.65 Å². The number of H-pyrrole nitrogens is 1. The number of hydrogen-bond acceptors (Lipinski definition) is 4. The van der Waals surface area contributed by atoms with Gasteiger partial charge >= 0.3 is 0 Å². The van der Waals surface area contributed by atoms with Crippen LogP contribution in [0.5, 0.6) is 0 Å². The Balaban J connectivity index is 1.41. The summed E-state index contributed by atoms with van der Waals surface area (Å²) in [5.41, 5.74) is 2.51. The van der Waals surface area contributed by atoms with Crippen molar-refractivity contribution >= 4 is 5.65 Å². The van der Waals surface area contributed by atoms with Crippen molar-refractivity contribution in [3.63, 3.8) is 0 Å². The molecule has 0 spiro atoms. The number of piperidine rings is 1. The van der Waals surface area contributed by atoms with E-state index in [1.165, 1.54) is 30.3 Å². The number of aryl methyl sites for hydroxylation is 1. The summed E-state index contributed by atoms with van der Waals surface area (Å²) in [6.07, 6.45) is 4.04. The maximum Gasteiger partial charge on any atom is 0.272 e. The van der Waals surface area contributed by atoms with E-state index in [4.69, 9.17) is 0 Å². The Kier molecular flexibility index (Phi) is 3.73. The molecule has 2 fully saturated rings. The highest BCUT2D eigenvalue weighted by Crippen LogP contribution is 2.25. The SMILES string of the molecule is Cc1cc2nc(CN3CC(N4CCCCC4C)C3)cc(=O)n2[nH]1. The molecule has 6 heteroatoms. The number of likely N-dealkylation sites (tertiary alicyclic amines) is 2. The predicted octanol–water partition coefficient (Wildman–Crippen LogP) is 1.39. The molecule has 4 heterocycles. The number of hydrogen-bond donors (Lipinski definition) is 1. The van der Waals surface area contributed by atoms with Crippen LogP contribution in [0.3, 0.4) is 0 Å². The number of aromatic nitrogens is 3. The van der Waals surface area contributed by atoms with E-state index in [1.54, 1.807) is 6.07 Å². The van der Waals surface area contributed by atoms with Gasteiger partial charge < -0.3 is 0 Å². The van der Waals surface area contributed by atoms with Crippen LogP contribution >= 0.6 is 0 Å². The molecule has 1 unspecified atom stereocenters. The molecule has 0 amide bonds. The third-order valence-electron chi connectivity index (χ3n) is 5.28. The molecular formula is C17H25N5O. The molecular weight excluding hydrogens is 290 g/mol. The summed E-state index contributed by atoms with van der Waals surface area (Å²) in [4.78, 5) is 21.8. The first-order valence-corrected chi connectivity index (χ1v) is 8.66. The fraction of sp³-hybridized carbons (Fsp3) is 0.647. The van der Waals surface area contributed by atoms with Crippen LogP contribution in [-0.4, -0.2) is 56.1 Å². The van der Waals surface area contributed by atoms with Crippen LogP contribution in [0.1, 0.15) is 37.6 Å². The van der Waals surface area contributed by atoms with Crippen LogP contribution < -0.4 is 5.56 Å². The highest BCUT2D eigenvalue weighted by Gasteiger charge is 2.35. The average molecular weight is 315 g/mol. The summed E-state index contributed by atoms with van der Waals surface area (Å²) < 4.78 is 1.51. The van der Waals surface area contributed by atoms with E-state index in [-0.39, 0.29) is 5.56 Å². The highest BCUT2D eigenvalue weighted by molar-refractivity contribution is 5.39. The largest absolute Gasteiger partial charge is 0.295 e. The van der Waals surface area contributed by atoms with Crippen molar-refractivity contribution in [2.45, 2.75) is 51.7 Å². The van der Waals surface area contributed by atoms with Gasteiger partial charge in [-0.25, -0.2) is 9.50 Å². The minimum atomic E-state index is -0.0279. The Hall–Kier alpha value is -1.66. The summed E-state index contributed by atoms with van der Waals surface area (Å²) in [7, 11) is 0. The summed E-state index contributed by atoms with van der Waals surface area (Å²) in [6.45, 7) is 8.50. The molecule has 1 atom stereocenters. The van der Waals surface area contributed by atoms with Gasteiger partial charge in [0.05, 0.1) is 5.69 Å².